The predicted octanol–water partition coefficient (Wildman–Crippen LogP) is 0.657. The van der Waals surface area contributed by atoms with Crippen molar-refractivity contribution in [2.45, 2.75) is 0 Å². The minimum Gasteiger partial charge on any atom is -0.366 e. The molecule has 2 N–H and O–H groups in total. The minimum atomic E-state index is -0.379. The smallest absolute Gasteiger partial charge is 0.248 e. The van der Waals surface area contributed by atoms with Gasteiger partial charge in [0, 0.05) is 5.56 Å². The summed E-state index contributed by atoms with van der Waals surface area (Å²) in [5, 5.41) is 10.1. The van der Waals surface area contributed by atoms with Gasteiger partial charge < -0.3 is 5.73 Å². The van der Waals surface area contributed by atoms with E-state index in [1.54, 1.807) is 42.7 Å². The van der Waals surface area contributed by atoms with Crippen molar-refractivity contribution < 1.29 is 4.79 Å². The highest BCUT2D eigenvalue weighted by molar-refractivity contribution is 5.92. The molecule has 15 heavy (non-hydrogen) atoms. The van der Waals surface area contributed by atoms with Crippen molar-refractivity contribution in [2.75, 3.05) is 0 Å². The number of amides is 1. The van der Waals surface area contributed by atoms with Crippen LogP contribution in [-0.4, -0.2) is 21.3 Å². The van der Waals surface area contributed by atoms with Gasteiger partial charge in [0.2, 0.25) is 5.91 Å². The largest absolute Gasteiger partial charge is 0.366 e. The van der Waals surface area contributed by atoms with Crippen LogP contribution in [0.25, 0.3) is 0 Å². The lowest BCUT2D eigenvalue weighted by atomic mass is 10.2. The normalized spacial score (nSPS) is 8.53. The standard InChI is InChI=1S/C7H7NO.C3H3N3/c8-7(9)6-4-2-1-3-5-6;1-2-4-6-5-3-1/h1-5H,(H2,8,9);1-3H. The van der Waals surface area contributed by atoms with Gasteiger partial charge in [0.25, 0.3) is 0 Å². The first-order chi connectivity index (χ1) is 7.30. The fraction of sp³-hybridized carbons (Fsp3) is 0. The van der Waals surface area contributed by atoms with Crippen LogP contribution in [0.3, 0.4) is 0 Å². The number of benzene rings is 1. The summed E-state index contributed by atoms with van der Waals surface area (Å²) >= 11 is 0. The number of primary amides is 1. The zero-order valence-electron chi connectivity index (χ0n) is 7.95. The molecule has 0 aliphatic carbocycles. The first-order valence-electron chi connectivity index (χ1n) is 4.24. The van der Waals surface area contributed by atoms with Crippen molar-refractivity contribution in [1.82, 2.24) is 15.4 Å². The fourth-order valence-electron chi connectivity index (χ4n) is 0.807. The highest BCUT2D eigenvalue weighted by atomic mass is 16.1. The molecule has 1 aromatic heterocycles. The van der Waals surface area contributed by atoms with Crippen molar-refractivity contribution in [3.63, 3.8) is 0 Å². The first-order valence-corrected chi connectivity index (χ1v) is 4.24. The highest BCUT2D eigenvalue weighted by Crippen LogP contribution is 1.94. The summed E-state index contributed by atoms with van der Waals surface area (Å²) in [6.07, 6.45) is 3.15. The maximum absolute atomic E-state index is 10.4. The zero-order valence-corrected chi connectivity index (χ0v) is 7.95. The topological polar surface area (TPSA) is 81.8 Å². The molecule has 5 heteroatoms. The molecule has 0 radical (unpaired) electrons. The van der Waals surface area contributed by atoms with Gasteiger partial charge in [-0.25, -0.2) is 0 Å². The Morgan fingerprint density at radius 2 is 1.60 bits per heavy atom. The lowest BCUT2D eigenvalue weighted by Gasteiger charge is -1.89. The van der Waals surface area contributed by atoms with Crippen LogP contribution in [0.1, 0.15) is 10.4 Å². The van der Waals surface area contributed by atoms with Gasteiger partial charge in [-0.1, -0.05) is 18.2 Å². The van der Waals surface area contributed by atoms with Gasteiger partial charge in [0.15, 0.2) is 0 Å². The van der Waals surface area contributed by atoms with Crippen molar-refractivity contribution >= 4 is 5.91 Å². The molecular formula is C10H10N4O. The second kappa shape index (κ2) is 6.20. The number of nitrogens with two attached hydrogens (primary N) is 1. The summed E-state index contributed by atoms with van der Waals surface area (Å²) in [4.78, 5) is 10.4. The van der Waals surface area contributed by atoms with E-state index < -0.39 is 0 Å². The van der Waals surface area contributed by atoms with Crippen molar-refractivity contribution in [3.8, 4) is 0 Å². The van der Waals surface area contributed by atoms with E-state index in [1.807, 2.05) is 6.07 Å². The van der Waals surface area contributed by atoms with Crippen LogP contribution in [0.5, 0.6) is 0 Å². The third kappa shape index (κ3) is 4.47. The molecule has 1 aromatic carbocycles. The highest BCUT2D eigenvalue weighted by Gasteiger charge is 1.93. The lowest BCUT2D eigenvalue weighted by Crippen LogP contribution is -2.09. The Bertz CT molecular complexity index is 364. The van der Waals surface area contributed by atoms with Crippen LogP contribution in [0.2, 0.25) is 0 Å². The van der Waals surface area contributed by atoms with E-state index in [0.717, 1.165) is 0 Å². The van der Waals surface area contributed by atoms with E-state index in [2.05, 4.69) is 15.4 Å². The fourth-order valence-corrected chi connectivity index (χ4v) is 0.807. The summed E-state index contributed by atoms with van der Waals surface area (Å²) in [6.45, 7) is 0. The molecule has 0 aliphatic rings. The van der Waals surface area contributed by atoms with Crippen molar-refractivity contribution in [1.29, 1.82) is 0 Å². The summed E-state index contributed by atoms with van der Waals surface area (Å²) in [7, 11) is 0. The molecule has 0 unspecified atom stereocenters. The van der Waals surface area contributed by atoms with E-state index in [1.165, 1.54) is 0 Å². The van der Waals surface area contributed by atoms with E-state index in [-0.39, 0.29) is 5.91 Å². The van der Waals surface area contributed by atoms with Crippen LogP contribution in [0.4, 0.5) is 0 Å². The number of hydrogen-bond acceptors (Lipinski definition) is 4. The Morgan fingerprint density at radius 3 is 1.87 bits per heavy atom. The molecular weight excluding hydrogens is 192 g/mol. The number of hydrogen-bond donors (Lipinski definition) is 1. The molecule has 1 amide bonds. The zero-order chi connectivity index (χ0) is 10.9. The maximum Gasteiger partial charge on any atom is 0.248 e. The Hall–Kier alpha value is -2.30. The molecule has 2 aromatic rings. The summed E-state index contributed by atoms with van der Waals surface area (Å²) < 4.78 is 0. The van der Waals surface area contributed by atoms with E-state index in [0.29, 0.717) is 5.56 Å². The average molecular weight is 202 g/mol. The van der Waals surface area contributed by atoms with Crippen molar-refractivity contribution in [2.24, 2.45) is 5.73 Å². The monoisotopic (exact) mass is 202 g/mol. The van der Waals surface area contributed by atoms with E-state index >= 15 is 0 Å². The van der Waals surface area contributed by atoms with Gasteiger partial charge >= 0.3 is 0 Å². The Balaban J connectivity index is 0.000000162. The number of nitrogens with zero attached hydrogens (tertiary/aromatic N) is 3. The molecule has 0 fully saturated rings. The molecule has 0 bridgehead atoms. The Labute approximate surface area is 87.0 Å². The molecule has 0 atom stereocenters. The number of aromatic nitrogens is 3. The van der Waals surface area contributed by atoms with Crippen LogP contribution < -0.4 is 5.73 Å². The van der Waals surface area contributed by atoms with E-state index in [9.17, 15) is 4.79 Å². The predicted molar refractivity (Wildman–Crippen MR) is 54.8 cm³/mol. The van der Waals surface area contributed by atoms with Gasteiger partial charge in [0.05, 0.1) is 12.4 Å². The van der Waals surface area contributed by atoms with Crippen LogP contribution in [0, 0.1) is 0 Å². The SMILES string of the molecule is NC(=O)c1ccccc1.c1cnnnc1. The molecule has 76 valence electrons. The summed E-state index contributed by atoms with van der Waals surface area (Å²) in [5.74, 6) is -0.379. The number of rotatable bonds is 1. The lowest BCUT2D eigenvalue weighted by molar-refractivity contribution is 0.100. The van der Waals surface area contributed by atoms with Gasteiger partial charge in [-0.3, -0.25) is 4.79 Å². The van der Waals surface area contributed by atoms with Gasteiger partial charge in [0.1, 0.15) is 0 Å². The number of carbonyl (C=O) groups is 1. The van der Waals surface area contributed by atoms with Crippen LogP contribution in [-0.2, 0) is 0 Å². The third-order valence-electron chi connectivity index (χ3n) is 1.47. The maximum atomic E-state index is 10.4. The van der Waals surface area contributed by atoms with E-state index in [4.69, 9.17) is 5.73 Å². The molecule has 0 aliphatic heterocycles. The minimum absolute atomic E-state index is 0.379. The first kappa shape index (κ1) is 10.8. The average Bonchev–Trinajstić information content (AvgIpc) is 2.33. The second-order valence-electron chi connectivity index (χ2n) is 2.54. The third-order valence-corrected chi connectivity index (χ3v) is 1.47. The molecule has 5 nitrogen and oxygen atoms in total. The van der Waals surface area contributed by atoms with Gasteiger partial charge in [-0.15, -0.1) is 10.2 Å². The second-order valence-corrected chi connectivity index (χ2v) is 2.54. The molecule has 0 spiro atoms. The molecule has 0 saturated carbocycles. The Morgan fingerprint density at radius 1 is 1.00 bits per heavy atom. The van der Waals surface area contributed by atoms with Crippen LogP contribution in [0.15, 0.2) is 48.8 Å². The summed E-state index contributed by atoms with van der Waals surface area (Å²) in [5.41, 5.74) is 5.53. The van der Waals surface area contributed by atoms with Crippen molar-refractivity contribution in [3.05, 3.63) is 54.4 Å². The molecule has 0 saturated heterocycles. The van der Waals surface area contributed by atoms with Gasteiger partial charge in [-0.2, -0.15) is 0 Å². The summed E-state index contributed by atoms with van der Waals surface area (Å²) in [6, 6.07) is 10.5. The molecule has 2 rings (SSSR count). The number of carbonyl (C=O) groups excluding carboxylic acids is 1. The quantitative estimate of drug-likeness (QED) is 0.736. The molecule has 1 heterocycles. The Kier molecular flexibility index (Phi) is 4.45. The van der Waals surface area contributed by atoms with Gasteiger partial charge in [-0.05, 0) is 23.4 Å². The van der Waals surface area contributed by atoms with Crippen LogP contribution >= 0.6 is 0 Å².